The van der Waals surface area contributed by atoms with Crippen LogP contribution in [-0.4, -0.2) is 14.0 Å². The van der Waals surface area contributed by atoms with E-state index in [-0.39, 0.29) is 5.41 Å². The van der Waals surface area contributed by atoms with E-state index in [1.807, 2.05) is 0 Å². The molecule has 248 valence electrons. The quantitative estimate of drug-likeness (QED) is 0.183. The Morgan fingerprint density at radius 2 is 1.04 bits per heavy atom. The highest BCUT2D eigenvalue weighted by Crippen LogP contribution is 2.49. The molecule has 0 fully saturated rings. The summed E-state index contributed by atoms with van der Waals surface area (Å²) in [6.07, 6.45) is 0. The van der Waals surface area contributed by atoms with Crippen LogP contribution in [0.15, 0.2) is 164 Å². The first kappa shape index (κ1) is 28.9. The summed E-state index contributed by atoms with van der Waals surface area (Å²) in [5.74, 6) is 0.918. The van der Waals surface area contributed by atoms with Crippen molar-refractivity contribution in [3.8, 4) is 39.3 Å². The Labute approximate surface area is 306 Å². The van der Waals surface area contributed by atoms with E-state index in [1.165, 1.54) is 82.2 Å². The van der Waals surface area contributed by atoms with Crippen LogP contribution in [0, 0.1) is 0 Å². The summed E-state index contributed by atoms with van der Waals surface area (Å²) >= 11 is 0. The lowest BCUT2D eigenvalue weighted by Gasteiger charge is -2.21. The van der Waals surface area contributed by atoms with Gasteiger partial charge in [-0.1, -0.05) is 129 Å². The fourth-order valence-corrected chi connectivity index (χ4v) is 9.60. The van der Waals surface area contributed by atoms with Gasteiger partial charge in [0.05, 0.1) is 33.3 Å². The maximum Gasteiger partial charge on any atom is 0.138 e. The van der Waals surface area contributed by atoms with E-state index in [4.69, 9.17) is 4.98 Å². The zero-order valence-electron chi connectivity index (χ0n) is 29.4. The van der Waals surface area contributed by atoms with Gasteiger partial charge in [-0.15, -0.1) is 0 Å². The number of nitrogens with zero attached hydrogens (tertiary/aromatic N) is 3. The smallest absolute Gasteiger partial charge is 0.138 e. The molecule has 11 aromatic rings. The van der Waals surface area contributed by atoms with Crippen molar-refractivity contribution >= 4 is 59.9 Å². The molecule has 0 N–H and O–H groups in total. The summed E-state index contributed by atoms with van der Waals surface area (Å²) in [6.45, 7) is 4.66. The van der Waals surface area contributed by atoms with Crippen molar-refractivity contribution in [3.63, 3.8) is 0 Å². The Kier molecular flexibility index (Phi) is 5.57. The zero-order chi connectivity index (χ0) is 35.0. The van der Waals surface area contributed by atoms with Crippen LogP contribution in [0.3, 0.4) is 0 Å². The van der Waals surface area contributed by atoms with Gasteiger partial charge in [0.25, 0.3) is 0 Å². The number of aromatic nitrogens is 3. The molecule has 0 saturated heterocycles. The lowest BCUT2D eigenvalue weighted by atomic mass is 9.82. The second kappa shape index (κ2) is 10.2. The summed E-state index contributed by atoms with van der Waals surface area (Å²) in [7, 11) is 0. The van der Waals surface area contributed by atoms with Crippen LogP contribution in [-0.2, 0) is 5.41 Å². The Hall–Kier alpha value is -6.71. The van der Waals surface area contributed by atoms with E-state index >= 15 is 0 Å². The number of hydrogen-bond acceptors (Lipinski definition) is 1. The molecule has 0 bridgehead atoms. The largest absolute Gasteiger partial charge is 0.308 e. The molecule has 3 nitrogen and oxygen atoms in total. The Balaban J connectivity index is 1.01. The lowest BCUT2D eigenvalue weighted by Crippen LogP contribution is -2.14. The third-order valence-corrected chi connectivity index (χ3v) is 12.1. The molecule has 0 radical (unpaired) electrons. The minimum absolute atomic E-state index is 0.0184. The minimum Gasteiger partial charge on any atom is -0.308 e. The topological polar surface area (TPSA) is 22.2 Å². The predicted molar refractivity (Wildman–Crippen MR) is 222 cm³/mol. The number of pyridine rings is 1. The number of fused-ring (bicyclic) bond motifs is 12. The van der Waals surface area contributed by atoms with Crippen LogP contribution in [0.25, 0.3) is 99.2 Å². The van der Waals surface area contributed by atoms with Crippen molar-refractivity contribution in [2.75, 3.05) is 0 Å². The van der Waals surface area contributed by atoms with Crippen molar-refractivity contribution in [1.82, 2.24) is 14.0 Å². The molecule has 1 aliphatic carbocycles. The SMILES string of the molecule is CC1(C)c2ccccc2-c2cc(-c3cccc(-n4c5ccccc5c5cc(-c6ccc7c8cccc9c%10ccccc%10n(c7c6)c98)ccc54)n3)ccc21. The molecule has 0 saturated carbocycles. The van der Waals surface area contributed by atoms with Crippen LogP contribution in [0.5, 0.6) is 0 Å². The van der Waals surface area contributed by atoms with Gasteiger partial charge < -0.3 is 4.40 Å². The van der Waals surface area contributed by atoms with Crippen molar-refractivity contribution < 1.29 is 0 Å². The summed E-state index contributed by atoms with van der Waals surface area (Å²) in [4.78, 5) is 5.34. The van der Waals surface area contributed by atoms with E-state index in [9.17, 15) is 0 Å². The molecule has 4 heterocycles. The monoisotopic (exact) mass is 675 g/mol. The third-order valence-electron chi connectivity index (χ3n) is 12.1. The van der Waals surface area contributed by atoms with Crippen molar-refractivity contribution in [2.24, 2.45) is 0 Å². The summed E-state index contributed by atoms with van der Waals surface area (Å²) in [5.41, 5.74) is 16.0. The van der Waals surface area contributed by atoms with Crippen molar-refractivity contribution in [3.05, 3.63) is 175 Å². The average molecular weight is 676 g/mol. The third kappa shape index (κ3) is 3.81. The molecule has 3 heteroatoms. The highest BCUT2D eigenvalue weighted by atomic mass is 15.1. The first-order valence-corrected chi connectivity index (χ1v) is 18.5. The Morgan fingerprint density at radius 1 is 0.415 bits per heavy atom. The van der Waals surface area contributed by atoms with Crippen molar-refractivity contribution in [2.45, 2.75) is 19.3 Å². The van der Waals surface area contributed by atoms with Gasteiger partial charge in [0.15, 0.2) is 0 Å². The molecule has 7 aromatic carbocycles. The molecule has 0 spiro atoms. The molecule has 0 atom stereocenters. The van der Waals surface area contributed by atoms with Gasteiger partial charge >= 0.3 is 0 Å². The van der Waals surface area contributed by atoms with Crippen LogP contribution in [0.1, 0.15) is 25.0 Å². The number of benzene rings is 7. The predicted octanol–water partition coefficient (Wildman–Crippen LogP) is 13.0. The normalized spacial score (nSPS) is 13.6. The maximum atomic E-state index is 5.34. The van der Waals surface area contributed by atoms with E-state index < -0.39 is 0 Å². The van der Waals surface area contributed by atoms with Gasteiger partial charge in [-0.25, -0.2) is 4.98 Å². The average Bonchev–Trinajstić information content (AvgIpc) is 3.91. The van der Waals surface area contributed by atoms with Gasteiger partial charge in [0.1, 0.15) is 5.82 Å². The zero-order valence-corrected chi connectivity index (χ0v) is 29.4. The molecule has 0 aliphatic heterocycles. The van der Waals surface area contributed by atoms with Gasteiger partial charge in [-0.2, -0.15) is 0 Å². The minimum atomic E-state index is -0.0184. The van der Waals surface area contributed by atoms with Gasteiger partial charge in [-0.3, -0.25) is 4.57 Å². The number of rotatable bonds is 3. The number of hydrogen-bond donors (Lipinski definition) is 0. The summed E-state index contributed by atoms with van der Waals surface area (Å²) in [6, 6.07) is 60.2. The number of para-hydroxylation sites is 3. The molecule has 12 rings (SSSR count). The van der Waals surface area contributed by atoms with E-state index in [2.05, 4.69) is 187 Å². The first-order chi connectivity index (χ1) is 26.0. The molecule has 0 unspecified atom stereocenters. The molecular formula is C50H33N3. The standard InChI is InChI=1S/C50H33N3/c1-50(2)41-16-6-3-11-33(41)39-28-32(22-25-42(39)50)43-17-10-20-48(51-43)52-44-18-7-5-13-35(44)40-27-30(23-26-46(40)52)31-21-24-36-38-15-9-14-37-34-12-4-8-19-45(34)53(49(37)38)47(36)29-31/h3-29H,1-2H3. The maximum absolute atomic E-state index is 5.34. The molecule has 4 aromatic heterocycles. The molecular weight excluding hydrogens is 643 g/mol. The van der Waals surface area contributed by atoms with E-state index in [1.54, 1.807) is 0 Å². The van der Waals surface area contributed by atoms with Crippen LogP contribution in [0.2, 0.25) is 0 Å². The lowest BCUT2D eigenvalue weighted by molar-refractivity contribution is 0.660. The first-order valence-electron chi connectivity index (χ1n) is 18.5. The summed E-state index contributed by atoms with van der Waals surface area (Å²) in [5, 5.41) is 7.66. The highest BCUT2D eigenvalue weighted by Gasteiger charge is 2.35. The van der Waals surface area contributed by atoms with Crippen LogP contribution in [0.4, 0.5) is 0 Å². The highest BCUT2D eigenvalue weighted by molar-refractivity contribution is 6.23. The molecule has 53 heavy (non-hydrogen) atoms. The Morgan fingerprint density at radius 3 is 1.91 bits per heavy atom. The summed E-state index contributed by atoms with van der Waals surface area (Å²) < 4.78 is 4.79. The van der Waals surface area contributed by atoms with Crippen LogP contribution >= 0.6 is 0 Å². The molecule has 0 amide bonds. The van der Waals surface area contributed by atoms with E-state index in [0.29, 0.717) is 0 Å². The van der Waals surface area contributed by atoms with Gasteiger partial charge in [0, 0.05) is 43.3 Å². The fraction of sp³-hybridized carbons (Fsp3) is 0.0600. The second-order valence-electron chi connectivity index (χ2n) is 15.2. The van der Waals surface area contributed by atoms with Gasteiger partial charge in [-0.05, 0) is 81.9 Å². The molecule has 1 aliphatic rings. The van der Waals surface area contributed by atoms with Gasteiger partial charge in [0.2, 0.25) is 0 Å². The van der Waals surface area contributed by atoms with Crippen LogP contribution < -0.4 is 0 Å². The Bertz CT molecular complexity index is 3320. The van der Waals surface area contributed by atoms with Crippen molar-refractivity contribution in [1.29, 1.82) is 0 Å². The second-order valence-corrected chi connectivity index (χ2v) is 15.2. The van der Waals surface area contributed by atoms with E-state index in [0.717, 1.165) is 28.1 Å². The fourth-order valence-electron chi connectivity index (χ4n) is 9.60.